The number of methoxy groups -OCH3 is 1. The van der Waals surface area contributed by atoms with Gasteiger partial charge in [-0.05, 0) is 31.7 Å². The molecule has 2 N–H and O–H groups in total. The maximum Gasteiger partial charge on any atom is 0.213 e. The van der Waals surface area contributed by atoms with Crippen LogP contribution in [-0.2, 0) is 16.0 Å². The predicted molar refractivity (Wildman–Crippen MR) is 88.8 cm³/mol. The fourth-order valence-electron chi connectivity index (χ4n) is 3.76. The van der Waals surface area contributed by atoms with Crippen molar-refractivity contribution < 1.29 is 18.7 Å². The molecule has 5 rings (SSSR count). The van der Waals surface area contributed by atoms with E-state index in [-0.39, 0.29) is 23.3 Å². The zero-order valence-electron chi connectivity index (χ0n) is 14.0. The summed E-state index contributed by atoms with van der Waals surface area (Å²) in [7, 11) is 1.49. The van der Waals surface area contributed by atoms with Crippen LogP contribution in [0, 0.1) is 5.82 Å². The number of aromatic nitrogens is 2. The molecule has 0 aromatic carbocycles. The molecule has 7 heteroatoms. The van der Waals surface area contributed by atoms with E-state index in [1.165, 1.54) is 7.11 Å². The van der Waals surface area contributed by atoms with Crippen molar-refractivity contribution in [2.75, 3.05) is 13.7 Å². The normalized spacial score (nSPS) is 28.3. The standard InChI is InChI=1S/C18H20FN3O3/c1-24-15-3-2-13-16(22-15)11(12(19)9-21-13)8-14(23)18-6-4-17(20,5-7-18)10-25-18/h2-3,9H,4-8,10,20H2,1H3. The van der Waals surface area contributed by atoms with E-state index in [2.05, 4.69) is 9.97 Å². The average molecular weight is 345 g/mol. The minimum absolute atomic E-state index is 0.0808. The lowest BCUT2D eigenvalue weighted by atomic mass is 9.69. The zero-order valence-corrected chi connectivity index (χ0v) is 14.0. The minimum Gasteiger partial charge on any atom is -0.481 e. The van der Waals surface area contributed by atoms with Crippen LogP contribution >= 0.6 is 0 Å². The van der Waals surface area contributed by atoms with Crippen molar-refractivity contribution in [3.8, 4) is 5.88 Å². The third kappa shape index (κ3) is 2.67. The lowest BCUT2D eigenvalue weighted by Crippen LogP contribution is -2.62. The second kappa shape index (κ2) is 5.71. The lowest BCUT2D eigenvalue weighted by Gasteiger charge is -2.50. The Labute approximate surface area is 144 Å². The van der Waals surface area contributed by atoms with Crippen molar-refractivity contribution >= 4 is 16.8 Å². The van der Waals surface area contributed by atoms with Crippen LogP contribution in [0.25, 0.3) is 11.0 Å². The van der Waals surface area contributed by atoms with Crippen LogP contribution in [0.3, 0.4) is 0 Å². The molecule has 132 valence electrons. The SMILES string of the molecule is COc1ccc2ncc(F)c(CC(=O)C34CCC(N)(CC3)CO4)c2n1. The highest BCUT2D eigenvalue weighted by atomic mass is 19.1. The number of Topliss-reactive ketones (excluding diaryl/α,β-unsaturated/α-hetero) is 1. The van der Waals surface area contributed by atoms with E-state index in [9.17, 15) is 9.18 Å². The molecule has 0 unspecified atom stereocenters. The van der Waals surface area contributed by atoms with Crippen LogP contribution in [0.2, 0.25) is 0 Å². The Bertz CT molecular complexity index is 830. The summed E-state index contributed by atoms with van der Waals surface area (Å²) in [5.74, 6) is -0.311. The Morgan fingerprint density at radius 2 is 2.12 bits per heavy atom. The molecule has 1 saturated carbocycles. The van der Waals surface area contributed by atoms with E-state index in [0.717, 1.165) is 19.0 Å². The number of fused-ring (bicyclic) bond motifs is 4. The molecule has 2 aliphatic heterocycles. The highest BCUT2D eigenvalue weighted by molar-refractivity contribution is 5.93. The largest absolute Gasteiger partial charge is 0.481 e. The van der Waals surface area contributed by atoms with E-state index in [0.29, 0.717) is 36.4 Å². The molecule has 3 fully saturated rings. The topological polar surface area (TPSA) is 87.3 Å². The number of carbonyl (C=O) groups excluding carboxylic acids is 1. The van der Waals surface area contributed by atoms with Gasteiger partial charge < -0.3 is 15.2 Å². The van der Waals surface area contributed by atoms with Crippen molar-refractivity contribution in [1.82, 2.24) is 9.97 Å². The van der Waals surface area contributed by atoms with Gasteiger partial charge in [-0.3, -0.25) is 9.78 Å². The smallest absolute Gasteiger partial charge is 0.213 e. The number of nitrogens with zero attached hydrogens (tertiary/aromatic N) is 2. The Hall–Kier alpha value is -2.12. The fourth-order valence-corrected chi connectivity index (χ4v) is 3.76. The molecular weight excluding hydrogens is 325 g/mol. The van der Waals surface area contributed by atoms with E-state index >= 15 is 0 Å². The second-order valence-electron chi connectivity index (χ2n) is 7.05. The third-order valence-electron chi connectivity index (χ3n) is 5.48. The van der Waals surface area contributed by atoms with Crippen LogP contribution in [0.4, 0.5) is 4.39 Å². The molecule has 0 spiro atoms. The molecule has 2 aromatic rings. The van der Waals surface area contributed by atoms with Crippen molar-refractivity contribution in [3.63, 3.8) is 0 Å². The van der Waals surface area contributed by atoms with Crippen LogP contribution in [-0.4, -0.2) is 40.6 Å². The van der Waals surface area contributed by atoms with Crippen LogP contribution in [0.1, 0.15) is 31.2 Å². The first-order valence-electron chi connectivity index (χ1n) is 8.39. The van der Waals surface area contributed by atoms with Crippen LogP contribution < -0.4 is 10.5 Å². The van der Waals surface area contributed by atoms with Crippen molar-refractivity contribution in [1.29, 1.82) is 0 Å². The second-order valence-corrected chi connectivity index (χ2v) is 7.05. The van der Waals surface area contributed by atoms with E-state index in [1.54, 1.807) is 12.1 Å². The molecule has 6 nitrogen and oxygen atoms in total. The molecule has 0 atom stereocenters. The van der Waals surface area contributed by atoms with Gasteiger partial charge in [0.1, 0.15) is 11.4 Å². The first kappa shape index (κ1) is 16.4. The molecule has 3 aliphatic rings. The van der Waals surface area contributed by atoms with Crippen molar-refractivity contribution in [3.05, 3.63) is 29.7 Å². The average Bonchev–Trinajstić information content (AvgIpc) is 2.64. The Morgan fingerprint density at radius 3 is 2.76 bits per heavy atom. The highest BCUT2D eigenvalue weighted by Crippen LogP contribution is 2.43. The molecule has 0 radical (unpaired) electrons. The summed E-state index contributed by atoms with van der Waals surface area (Å²) in [4.78, 5) is 21.3. The first-order chi connectivity index (χ1) is 11.9. The Morgan fingerprint density at radius 1 is 1.36 bits per heavy atom. The van der Waals surface area contributed by atoms with Crippen LogP contribution in [0.15, 0.2) is 18.3 Å². The monoisotopic (exact) mass is 345 g/mol. The van der Waals surface area contributed by atoms with Crippen molar-refractivity contribution in [2.45, 2.75) is 43.2 Å². The predicted octanol–water partition coefficient (Wildman–Crippen LogP) is 1.93. The third-order valence-corrected chi connectivity index (χ3v) is 5.48. The number of rotatable bonds is 4. The molecule has 1 aliphatic carbocycles. The van der Waals surface area contributed by atoms with Gasteiger partial charge in [0.2, 0.25) is 5.88 Å². The van der Waals surface area contributed by atoms with Gasteiger partial charge in [0, 0.05) is 23.6 Å². The minimum atomic E-state index is -0.845. The van der Waals surface area contributed by atoms with Gasteiger partial charge in [-0.15, -0.1) is 0 Å². The van der Waals surface area contributed by atoms with E-state index < -0.39 is 11.4 Å². The summed E-state index contributed by atoms with van der Waals surface area (Å²) < 4.78 is 25.4. The number of carbonyl (C=O) groups is 1. The number of nitrogens with two attached hydrogens (primary N) is 1. The Kier molecular flexibility index (Phi) is 3.73. The quantitative estimate of drug-likeness (QED) is 0.911. The van der Waals surface area contributed by atoms with Gasteiger partial charge in [-0.25, -0.2) is 9.37 Å². The summed E-state index contributed by atoms with van der Waals surface area (Å²) in [6, 6.07) is 3.36. The molecule has 0 amide bonds. The zero-order chi connectivity index (χ0) is 17.7. The molecule has 2 bridgehead atoms. The number of ether oxygens (including phenoxy) is 2. The number of hydrogen-bond acceptors (Lipinski definition) is 6. The van der Waals surface area contributed by atoms with Gasteiger partial charge in [0.15, 0.2) is 5.78 Å². The number of ketones is 1. The highest BCUT2D eigenvalue weighted by Gasteiger charge is 2.51. The summed E-state index contributed by atoms with van der Waals surface area (Å²) in [6.45, 7) is 0.379. The maximum absolute atomic E-state index is 14.4. The lowest BCUT2D eigenvalue weighted by molar-refractivity contribution is -0.174. The number of pyridine rings is 2. The van der Waals surface area contributed by atoms with E-state index in [1.807, 2.05) is 0 Å². The molecule has 2 saturated heterocycles. The van der Waals surface area contributed by atoms with Gasteiger partial charge in [-0.2, -0.15) is 0 Å². The van der Waals surface area contributed by atoms with Gasteiger partial charge in [0.05, 0.1) is 30.9 Å². The van der Waals surface area contributed by atoms with Gasteiger partial charge in [0.25, 0.3) is 0 Å². The summed E-state index contributed by atoms with van der Waals surface area (Å²) in [5.41, 5.74) is 6.16. The van der Waals surface area contributed by atoms with Crippen LogP contribution in [0.5, 0.6) is 5.88 Å². The molecule has 2 aromatic heterocycles. The first-order valence-corrected chi connectivity index (χ1v) is 8.39. The van der Waals surface area contributed by atoms with Gasteiger partial charge >= 0.3 is 0 Å². The summed E-state index contributed by atoms with van der Waals surface area (Å²) in [6.07, 6.45) is 3.73. The number of halogens is 1. The molecular formula is C18H20FN3O3. The summed E-state index contributed by atoms with van der Waals surface area (Å²) in [5, 5.41) is 0. The van der Waals surface area contributed by atoms with Gasteiger partial charge in [-0.1, -0.05) is 0 Å². The maximum atomic E-state index is 14.4. The number of hydrogen-bond donors (Lipinski definition) is 1. The summed E-state index contributed by atoms with van der Waals surface area (Å²) >= 11 is 0. The molecule has 25 heavy (non-hydrogen) atoms. The fraction of sp³-hybridized carbons (Fsp3) is 0.500. The Balaban J connectivity index is 1.68. The molecule has 4 heterocycles. The van der Waals surface area contributed by atoms with E-state index in [4.69, 9.17) is 15.2 Å². The van der Waals surface area contributed by atoms with Crippen molar-refractivity contribution in [2.24, 2.45) is 5.73 Å².